The summed E-state index contributed by atoms with van der Waals surface area (Å²) in [7, 11) is 0. The zero-order valence-corrected chi connectivity index (χ0v) is 5.70. The van der Waals surface area contributed by atoms with E-state index < -0.39 is 0 Å². The first-order valence-electron chi connectivity index (χ1n) is 2.61. The van der Waals surface area contributed by atoms with Gasteiger partial charge in [-0.2, -0.15) is 0 Å². The molecule has 0 aromatic carbocycles. The number of nitrogens with zero attached hydrogens (tertiary/aromatic N) is 1. The molecule has 0 unspecified atom stereocenters. The fourth-order valence-corrected chi connectivity index (χ4v) is 0.843. The van der Waals surface area contributed by atoms with Gasteiger partial charge in [0.25, 0.3) is 0 Å². The molecule has 0 atom stereocenters. The number of rotatable bonds is 4. The molecule has 0 aromatic rings. The zero-order valence-electron chi connectivity index (χ0n) is 4.89. The molecule has 0 aliphatic rings. The highest BCUT2D eigenvalue weighted by Crippen LogP contribution is 2.02. The van der Waals surface area contributed by atoms with E-state index in [2.05, 4.69) is 11.3 Å². The molecule has 0 fully saturated rings. The molecular weight excluding hydrogens is 122 g/mol. The zero-order chi connectivity index (χ0) is 6.24. The highest BCUT2D eigenvalue weighted by Gasteiger charge is 1.80. The van der Waals surface area contributed by atoms with Crippen LogP contribution < -0.4 is 0 Å². The molecule has 0 amide bonds. The van der Waals surface area contributed by atoms with Crippen LogP contribution in [0.15, 0.2) is 4.40 Å². The van der Waals surface area contributed by atoms with E-state index in [-0.39, 0.29) is 0 Å². The minimum Gasteiger partial charge on any atom is -0.210 e. The summed E-state index contributed by atoms with van der Waals surface area (Å²) in [5, 5.41) is 0. The Morgan fingerprint density at radius 3 is 3.00 bits per heavy atom. The van der Waals surface area contributed by atoms with E-state index in [0.717, 1.165) is 18.6 Å². The molecule has 2 nitrogen and oxygen atoms in total. The summed E-state index contributed by atoms with van der Waals surface area (Å²) in [6.07, 6.45) is 3.74. The van der Waals surface area contributed by atoms with Crippen LogP contribution in [0.1, 0.15) is 19.8 Å². The quantitative estimate of drug-likeness (QED) is 0.252. The van der Waals surface area contributed by atoms with Crippen molar-refractivity contribution in [3.8, 4) is 0 Å². The Bertz CT molecular complexity index is 88.4. The van der Waals surface area contributed by atoms with Gasteiger partial charge in [0, 0.05) is 5.75 Å². The molecule has 0 radical (unpaired) electrons. The lowest BCUT2D eigenvalue weighted by atomic mass is 10.4. The van der Waals surface area contributed by atoms with Gasteiger partial charge >= 0.3 is 0 Å². The van der Waals surface area contributed by atoms with Crippen LogP contribution in [-0.4, -0.2) is 11.8 Å². The highest BCUT2D eigenvalue weighted by atomic mass is 32.2. The maximum absolute atomic E-state index is 9.46. The lowest BCUT2D eigenvalue weighted by Gasteiger charge is -1.85. The first kappa shape index (κ1) is 7.73. The van der Waals surface area contributed by atoms with Crippen LogP contribution >= 0.6 is 11.9 Å². The van der Waals surface area contributed by atoms with Crippen molar-refractivity contribution in [1.82, 2.24) is 0 Å². The smallest absolute Gasteiger partial charge is 0.210 e. The number of carbonyl (C=O) groups excluding carboxylic acids is 1. The third-order valence-electron chi connectivity index (χ3n) is 0.691. The average molecular weight is 131 g/mol. The summed E-state index contributed by atoms with van der Waals surface area (Å²) in [4.78, 5) is 9.46. The van der Waals surface area contributed by atoms with E-state index in [9.17, 15) is 4.79 Å². The van der Waals surface area contributed by atoms with E-state index in [1.54, 1.807) is 0 Å². The Balaban J connectivity index is 2.82. The molecule has 0 bridgehead atoms. The standard InChI is InChI=1S/C5H9NOS/c1-2-3-4-8-6-5-7/h2-4H2,1H3. The average Bonchev–Trinajstić information content (AvgIpc) is 1.81. The van der Waals surface area contributed by atoms with Crippen LogP contribution in [0.5, 0.6) is 0 Å². The van der Waals surface area contributed by atoms with Gasteiger partial charge in [-0.1, -0.05) is 13.3 Å². The van der Waals surface area contributed by atoms with Crippen molar-refractivity contribution >= 4 is 18.0 Å². The van der Waals surface area contributed by atoms with Crippen molar-refractivity contribution in [3.63, 3.8) is 0 Å². The first-order valence-corrected chi connectivity index (χ1v) is 3.55. The second kappa shape index (κ2) is 6.73. The summed E-state index contributed by atoms with van der Waals surface area (Å²) >= 11 is 1.28. The lowest BCUT2D eigenvalue weighted by Crippen LogP contribution is -1.71. The van der Waals surface area contributed by atoms with Crippen molar-refractivity contribution in [2.75, 3.05) is 5.75 Å². The topological polar surface area (TPSA) is 29.4 Å². The molecule has 0 saturated carbocycles. The van der Waals surface area contributed by atoms with E-state index in [1.807, 2.05) is 0 Å². The predicted octanol–water partition coefficient (Wildman–Crippen LogP) is 1.77. The lowest BCUT2D eigenvalue weighted by molar-refractivity contribution is 0.566. The van der Waals surface area contributed by atoms with E-state index in [1.165, 1.54) is 18.0 Å². The molecule has 0 spiro atoms. The van der Waals surface area contributed by atoms with Gasteiger partial charge in [-0.15, -0.1) is 4.40 Å². The van der Waals surface area contributed by atoms with Gasteiger partial charge in [0.2, 0.25) is 6.08 Å². The summed E-state index contributed by atoms with van der Waals surface area (Å²) in [5.74, 6) is 0.936. The van der Waals surface area contributed by atoms with Crippen molar-refractivity contribution in [3.05, 3.63) is 0 Å². The van der Waals surface area contributed by atoms with Crippen LogP contribution in [-0.2, 0) is 4.79 Å². The van der Waals surface area contributed by atoms with E-state index in [4.69, 9.17) is 0 Å². The summed E-state index contributed by atoms with van der Waals surface area (Å²) < 4.78 is 3.32. The largest absolute Gasteiger partial charge is 0.247 e. The van der Waals surface area contributed by atoms with Crippen LogP contribution in [0, 0.1) is 0 Å². The Morgan fingerprint density at radius 1 is 1.75 bits per heavy atom. The molecule has 0 aliphatic carbocycles. The first-order chi connectivity index (χ1) is 3.91. The summed E-state index contributed by atoms with van der Waals surface area (Å²) in [5.41, 5.74) is 0. The van der Waals surface area contributed by atoms with Crippen molar-refractivity contribution in [2.45, 2.75) is 19.8 Å². The van der Waals surface area contributed by atoms with Gasteiger partial charge in [0.15, 0.2) is 0 Å². The van der Waals surface area contributed by atoms with Crippen molar-refractivity contribution in [1.29, 1.82) is 0 Å². The number of hydrogen-bond acceptors (Lipinski definition) is 3. The molecule has 0 aromatic heterocycles. The summed E-state index contributed by atoms with van der Waals surface area (Å²) in [6, 6.07) is 0. The normalized spacial score (nSPS) is 8.12. The van der Waals surface area contributed by atoms with Crippen molar-refractivity contribution < 1.29 is 4.79 Å². The molecule has 3 heteroatoms. The van der Waals surface area contributed by atoms with Crippen molar-refractivity contribution in [2.24, 2.45) is 4.40 Å². The molecule has 8 heavy (non-hydrogen) atoms. The Morgan fingerprint density at radius 2 is 2.50 bits per heavy atom. The van der Waals surface area contributed by atoms with E-state index >= 15 is 0 Å². The van der Waals surface area contributed by atoms with Gasteiger partial charge in [-0.3, -0.25) is 0 Å². The van der Waals surface area contributed by atoms with Crippen LogP contribution in [0.2, 0.25) is 0 Å². The molecule has 0 saturated heterocycles. The minimum atomic E-state index is 0.936. The maximum atomic E-state index is 9.46. The number of hydrogen-bond donors (Lipinski definition) is 0. The number of isocyanates is 1. The van der Waals surface area contributed by atoms with Crippen LogP contribution in [0.4, 0.5) is 0 Å². The highest BCUT2D eigenvalue weighted by molar-refractivity contribution is 7.98. The van der Waals surface area contributed by atoms with Gasteiger partial charge in [-0.05, 0) is 18.4 Å². The SMILES string of the molecule is CCCCSN=C=O. The monoisotopic (exact) mass is 131 g/mol. The van der Waals surface area contributed by atoms with Crippen LogP contribution in [0.25, 0.3) is 0 Å². The molecular formula is C5H9NOS. The second-order valence-electron chi connectivity index (χ2n) is 1.37. The number of unbranched alkanes of at least 4 members (excludes halogenated alkanes) is 1. The molecule has 46 valence electrons. The third-order valence-corrected chi connectivity index (χ3v) is 1.37. The van der Waals surface area contributed by atoms with Gasteiger partial charge in [-0.25, -0.2) is 4.79 Å². The Labute approximate surface area is 53.5 Å². The third kappa shape index (κ3) is 5.73. The minimum absolute atomic E-state index is 0.936. The molecule has 0 aliphatic heterocycles. The molecule has 0 heterocycles. The maximum Gasteiger partial charge on any atom is 0.247 e. The molecule has 0 N–H and O–H groups in total. The second-order valence-corrected chi connectivity index (χ2v) is 2.22. The summed E-state index contributed by atoms with van der Waals surface area (Å²) in [6.45, 7) is 2.10. The fraction of sp³-hybridized carbons (Fsp3) is 0.800. The van der Waals surface area contributed by atoms with Gasteiger partial charge < -0.3 is 0 Å². The van der Waals surface area contributed by atoms with Gasteiger partial charge in [0.05, 0.1) is 0 Å². The van der Waals surface area contributed by atoms with E-state index in [0.29, 0.717) is 0 Å². The fourth-order valence-electron chi connectivity index (χ4n) is 0.281. The Kier molecular flexibility index (Phi) is 6.50. The Hall–Kier alpha value is -0.270. The predicted molar refractivity (Wildman–Crippen MR) is 35.5 cm³/mol. The van der Waals surface area contributed by atoms with Crippen LogP contribution in [0.3, 0.4) is 0 Å². The molecule has 0 rings (SSSR count). The van der Waals surface area contributed by atoms with Gasteiger partial charge in [0.1, 0.15) is 0 Å².